The summed E-state index contributed by atoms with van der Waals surface area (Å²) in [5.74, 6) is -3.43. The van der Waals surface area contributed by atoms with Crippen molar-refractivity contribution in [1.29, 1.82) is 0 Å². The number of aliphatic carboxylic acids is 1. The summed E-state index contributed by atoms with van der Waals surface area (Å²) in [6.07, 6.45) is 1.31. The van der Waals surface area contributed by atoms with E-state index in [2.05, 4.69) is 4.72 Å². The molecule has 1 saturated heterocycles. The van der Waals surface area contributed by atoms with Gasteiger partial charge in [-0.05, 0) is 30.7 Å². The van der Waals surface area contributed by atoms with E-state index < -0.39 is 32.8 Å². The van der Waals surface area contributed by atoms with Crippen LogP contribution in [0, 0.1) is 5.82 Å². The van der Waals surface area contributed by atoms with E-state index in [1.165, 1.54) is 12.1 Å². The molecule has 25 heavy (non-hydrogen) atoms. The van der Waals surface area contributed by atoms with Crippen LogP contribution in [0.15, 0.2) is 29.8 Å². The van der Waals surface area contributed by atoms with Crippen LogP contribution in [0.1, 0.15) is 12.8 Å². The third kappa shape index (κ3) is 3.64. The molecule has 1 aliphatic heterocycles. The van der Waals surface area contributed by atoms with Crippen molar-refractivity contribution >= 4 is 33.3 Å². The Balaban J connectivity index is 1.93. The maximum absolute atomic E-state index is 13.8. The van der Waals surface area contributed by atoms with Crippen molar-refractivity contribution in [3.8, 4) is 0 Å². The molecule has 2 aliphatic rings. The zero-order valence-corrected chi connectivity index (χ0v) is 14.4. The second-order valence-electron chi connectivity index (χ2n) is 5.71. The molecule has 3 rings (SSSR count). The number of carbonyl (C=O) groups is 1. The van der Waals surface area contributed by atoms with Gasteiger partial charge < -0.3 is 14.6 Å². The van der Waals surface area contributed by atoms with E-state index in [-0.39, 0.29) is 29.1 Å². The third-order valence-corrected chi connectivity index (χ3v) is 6.03. The van der Waals surface area contributed by atoms with E-state index in [0.29, 0.717) is 13.2 Å². The molecule has 1 atom stereocenters. The minimum atomic E-state index is -4.22. The van der Waals surface area contributed by atoms with E-state index in [1.54, 1.807) is 0 Å². The standard InChI is InChI=1S/C15H15ClFNO6S/c16-9-1-2-11(17)12(7-9)18-25(21,22)13-3-4-15(23-5-6-24-15)8-10(13)14(19)20/h1-2,7-8,13,18H,3-6H2,(H,19,20). The number of ether oxygens (including phenoxy) is 2. The van der Waals surface area contributed by atoms with E-state index in [1.807, 2.05) is 0 Å². The Hall–Kier alpha value is -1.68. The van der Waals surface area contributed by atoms with Gasteiger partial charge in [0.25, 0.3) is 0 Å². The molecule has 0 saturated carbocycles. The van der Waals surface area contributed by atoms with E-state index in [0.717, 1.165) is 12.1 Å². The molecule has 1 fully saturated rings. The van der Waals surface area contributed by atoms with E-state index in [9.17, 15) is 22.7 Å². The van der Waals surface area contributed by atoms with Crippen LogP contribution in [0.3, 0.4) is 0 Å². The molecule has 1 aromatic carbocycles. The molecular formula is C15H15ClFNO6S. The lowest BCUT2D eigenvalue weighted by molar-refractivity contribution is -0.138. The number of halogens is 2. The van der Waals surface area contributed by atoms with Gasteiger partial charge >= 0.3 is 5.97 Å². The fraction of sp³-hybridized carbons (Fsp3) is 0.400. The van der Waals surface area contributed by atoms with Gasteiger partial charge in [-0.25, -0.2) is 17.6 Å². The summed E-state index contributed by atoms with van der Waals surface area (Å²) < 4.78 is 52.0. The lowest BCUT2D eigenvalue weighted by atomic mass is 9.94. The highest BCUT2D eigenvalue weighted by atomic mass is 35.5. The van der Waals surface area contributed by atoms with Gasteiger partial charge in [0.15, 0.2) is 5.79 Å². The SMILES string of the molecule is O=C(O)C1=CC2(CCC1S(=O)(=O)Nc1cc(Cl)ccc1F)OCCO2. The van der Waals surface area contributed by atoms with Gasteiger partial charge in [0.05, 0.1) is 24.5 Å². The molecule has 1 aromatic rings. The monoisotopic (exact) mass is 391 g/mol. The normalized spacial score (nSPS) is 22.6. The number of nitrogens with one attached hydrogen (secondary N) is 1. The van der Waals surface area contributed by atoms with Crippen molar-refractivity contribution in [2.45, 2.75) is 23.9 Å². The minimum absolute atomic E-state index is 0.0460. The van der Waals surface area contributed by atoms with Crippen LogP contribution in [0.25, 0.3) is 0 Å². The van der Waals surface area contributed by atoms with Gasteiger partial charge in [0.2, 0.25) is 10.0 Å². The molecule has 1 aliphatic carbocycles. The molecule has 7 nitrogen and oxygen atoms in total. The predicted molar refractivity (Wildman–Crippen MR) is 87.3 cm³/mol. The Morgan fingerprint density at radius 3 is 2.68 bits per heavy atom. The number of rotatable bonds is 4. The van der Waals surface area contributed by atoms with Gasteiger partial charge in [-0.1, -0.05) is 11.6 Å². The summed E-state index contributed by atoms with van der Waals surface area (Å²) in [6, 6.07) is 3.41. The Kier molecular flexibility index (Phi) is 4.76. The Bertz CT molecular complexity index is 834. The van der Waals surface area contributed by atoms with Crippen LogP contribution in [0.4, 0.5) is 10.1 Å². The van der Waals surface area contributed by atoms with Crippen molar-refractivity contribution in [3.05, 3.63) is 40.7 Å². The van der Waals surface area contributed by atoms with Crippen LogP contribution in [0.5, 0.6) is 0 Å². The molecule has 1 heterocycles. The van der Waals surface area contributed by atoms with Gasteiger partial charge in [-0.3, -0.25) is 4.72 Å². The molecule has 0 aromatic heterocycles. The first-order valence-corrected chi connectivity index (χ1v) is 9.35. The molecule has 1 spiro atoms. The first-order chi connectivity index (χ1) is 11.7. The quantitative estimate of drug-likeness (QED) is 0.815. The first kappa shape index (κ1) is 18.1. The first-order valence-electron chi connectivity index (χ1n) is 7.43. The summed E-state index contributed by atoms with van der Waals surface area (Å²) in [4.78, 5) is 11.6. The lowest BCUT2D eigenvalue weighted by Crippen LogP contribution is -2.41. The maximum Gasteiger partial charge on any atom is 0.332 e. The number of benzene rings is 1. The predicted octanol–water partition coefficient (Wildman–Crippen LogP) is 2.14. The zero-order chi connectivity index (χ0) is 18.2. The molecular weight excluding hydrogens is 377 g/mol. The second kappa shape index (κ2) is 6.56. The van der Waals surface area contributed by atoms with Crippen LogP contribution in [0.2, 0.25) is 5.02 Å². The second-order valence-corrected chi connectivity index (χ2v) is 8.01. The molecule has 10 heteroatoms. The molecule has 0 bridgehead atoms. The summed E-state index contributed by atoms with van der Waals surface area (Å²) in [5.41, 5.74) is -0.714. The topological polar surface area (TPSA) is 102 Å². The van der Waals surface area contributed by atoms with Crippen LogP contribution in [-0.2, 0) is 24.3 Å². The van der Waals surface area contributed by atoms with Gasteiger partial charge in [-0.15, -0.1) is 0 Å². The molecule has 0 amide bonds. The summed E-state index contributed by atoms with van der Waals surface area (Å²) in [7, 11) is -4.22. The average Bonchev–Trinajstić information content (AvgIpc) is 2.98. The van der Waals surface area contributed by atoms with Crippen molar-refractivity contribution in [2.24, 2.45) is 0 Å². The number of hydrogen-bond acceptors (Lipinski definition) is 5. The van der Waals surface area contributed by atoms with Crippen molar-refractivity contribution in [2.75, 3.05) is 17.9 Å². The number of carboxylic acids is 1. The van der Waals surface area contributed by atoms with Crippen molar-refractivity contribution in [1.82, 2.24) is 0 Å². The molecule has 1 unspecified atom stereocenters. The average molecular weight is 392 g/mol. The molecule has 136 valence electrons. The third-order valence-electron chi connectivity index (χ3n) is 4.06. The number of hydrogen-bond donors (Lipinski definition) is 2. The van der Waals surface area contributed by atoms with E-state index in [4.69, 9.17) is 21.1 Å². The Labute approximate surface area is 148 Å². The summed E-state index contributed by atoms with van der Waals surface area (Å²) in [6.45, 7) is 0.597. The van der Waals surface area contributed by atoms with E-state index >= 15 is 0 Å². The van der Waals surface area contributed by atoms with Crippen LogP contribution < -0.4 is 4.72 Å². The lowest BCUT2D eigenvalue weighted by Gasteiger charge is -2.32. The highest BCUT2D eigenvalue weighted by molar-refractivity contribution is 7.93. The molecule has 0 radical (unpaired) electrons. The summed E-state index contributed by atoms with van der Waals surface area (Å²) in [5, 5.41) is 8.18. The van der Waals surface area contributed by atoms with Crippen LogP contribution in [-0.4, -0.2) is 43.7 Å². The van der Waals surface area contributed by atoms with Crippen LogP contribution >= 0.6 is 11.6 Å². The van der Waals surface area contributed by atoms with Gasteiger partial charge in [0, 0.05) is 11.4 Å². The maximum atomic E-state index is 13.8. The Morgan fingerprint density at radius 1 is 1.36 bits per heavy atom. The number of anilines is 1. The largest absolute Gasteiger partial charge is 0.478 e. The number of carboxylic acid groups (broad SMARTS) is 1. The minimum Gasteiger partial charge on any atom is -0.478 e. The smallest absolute Gasteiger partial charge is 0.332 e. The fourth-order valence-electron chi connectivity index (χ4n) is 2.91. The van der Waals surface area contributed by atoms with Crippen molar-refractivity contribution < 1.29 is 32.2 Å². The van der Waals surface area contributed by atoms with Crippen molar-refractivity contribution in [3.63, 3.8) is 0 Å². The highest BCUT2D eigenvalue weighted by Gasteiger charge is 2.45. The molecule has 2 N–H and O–H groups in total. The fourth-order valence-corrected chi connectivity index (χ4v) is 4.62. The highest BCUT2D eigenvalue weighted by Crippen LogP contribution is 2.37. The number of sulfonamides is 1. The zero-order valence-electron chi connectivity index (χ0n) is 12.9. The summed E-state index contributed by atoms with van der Waals surface area (Å²) >= 11 is 5.75. The van der Waals surface area contributed by atoms with Gasteiger partial charge in [-0.2, -0.15) is 0 Å². The Morgan fingerprint density at radius 2 is 2.04 bits per heavy atom. The van der Waals surface area contributed by atoms with Gasteiger partial charge in [0.1, 0.15) is 11.1 Å².